The first-order valence-electron chi connectivity index (χ1n) is 6.35. The number of carbonyl (C=O) groups is 2. The van der Waals surface area contributed by atoms with Gasteiger partial charge in [0.1, 0.15) is 6.04 Å². The van der Waals surface area contributed by atoms with E-state index in [-0.39, 0.29) is 12.3 Å². The maximum absolute atomic E-state index is 11.5. The van der Waals surface area contributed by atoms with Crippen molar-refractivity contribution in [1.82, 2.24) is 5.32 Å². The molecule has 1 unspecified atom stereocenters. The number of carboxylic acid groups (broad SMARTS) is 1. The van der Waals surface area contributed by atoms with Crippen molar-refractivity contribution in [2.45, 2.75) is 24.3 Å². The number of rotatable bonds is 8. The maximum atomic E-state index is 11.5. The van der Waals surface area contributed by atoms with E-state index in [9.17, 15) is 9.59 Å². The molecular formula is C14H19NO5S. The summed E-state index contributed by atoms with van der Waals surface area (Å²) >= 11 is 1.49. The van der Waals surface area contributed by atoms with Gasteiger partial charge in [-0.05, 0) is 25.1 Å². The summed E-state index contributed by atoms with van der Waals surface area (Å²) in [5, 5.41) is 11.1. The molecule has 6 nitrogen and oxygen atoms in total. The Labute approximate surface area is 127 Å². The number of methoxy groups -OCH3 is 2. The third-order valence-corrected chi connectivity index (χ3v) is 3.70. The van der Waals surface area contributed by atoms with E-state index in [1.807, 2.05) is 12.1 Å². The zero-order valence-corrected chi connectivity index (χ0v) is 13.0. The molecule has 21 heavy (non-hydrogen) atoms. The Morgan fingerprint density at radius 2 is 1.95 bits per heavy atom. The average molecular weight is 313 g/mol. The molecule has 0 aliphatic heterocycles. The van der Waals surface area contributed by atoms with E-state index >= 15 is 0 Å². The molecule has 1 aromatic carbocycles. The van der Waals surface area contributed by atoms with Gasteiger partial charge in [-0.25, -0.2) is 0 Å². The van der Waals surface area contributed by atoms with E-state index in [1.54, 1.807) is 20.3 Å². The largest absolute Gasteiger partial charge is 0.493 e. The second-order valence-corrected chi connectivity index (χ2v) is 5.41. The van der Waals surface area contributed by atoms with Crippen molar-refractivity contribution in [3.05, 3.63) is 18.2 Å². The fourth-order valence-corrected chi connectivity index (χ4v) is 2.42. The van der Waals surface area contributed by atoms with Gasteiger partial charge in [-0.15, -0.1) is 11.8 Å². The van der Waals surface area contributed by atoms with Crippen LogP contribution in [-0.2, 0) is 9.59 Å². The van der Waals surface area contributed by atoms with Gasteiger partial charge in [0.15, 0.2) is 11.5 Å². The van der Waals surface area contributed by atoms with Crippen LogP contribution in [0, 0.1) is 0 Å². The highest BCUT2D eigenvalue weighted by atomic mass is 32.2. The van der Waals surface area contributed by atoms with Crippen LogP contribution in [0.25, 0.3) is 0 Å². The van der Waals surface area contributed by atoms with Gasteiger partial charge in [-0.2, -0.15) is 0 Å². The van der Waals surface area contributed by atoms with Gasteiger partial charge in [0.2, 0.25) is 5.91 Å². The van der Waals surface area contributed by atoms with Crippen molar-refractivity contribution >= 4 is 23.6 Å². The lowest BCUT2D eigenvalue weighted by atomic mass is 10.3. The number of nitrogens with one attached hydrogen (secondary N) is 1. The third-order valence-electron chi connectivity index (χ3n) is 2.70. The Morgan fingerprint density at radius 3 is 2.52 bits per heavy atom. The molecular weight excluding hydrogens is 294 g/mol. The molecule has 7 heteroatoms. The number of carbonyl (C=O) groups excluding carboxylic acids is 1. The van der Waals surface area contributed by atoms with Gasteiger partial charge in [0.25, 0.3) is 0 Å². The molecule has 116 valence electrons. The molecule has 1 aromatic rings. The average Bonchev–Trinajstić information content (AvgIpc) is 2.46. The van der Waals surface area contributed by atoms with Crippen molar-refractivity contribution in [3.63, 3.8) is 0 Å². The zero-order chi connectivity index (χ0) is 15.8. The van der Waals surface area contributed by atoms with E-state index in [0.717, 1.165) is 4.90 Å². The van der Waals surface area contributed by atoms with Gasteiger partial charge in [-0.3, -0.25) is 9.59 Å². The molecule has 0 heterocycles. The van der Waals surface area contributed by atoms with Crippen LogP contribution in [-0.4, -0.2) is 43.0 Å². The third kappa shape index (κ3) is 5.55. The molecule has 0 aromatic heterocycles. The van der Waals surface area contributed by atoms with E-state index in [4.69, 9.17) is 14.6 Å². The lowest BCUT2D eigenvalue weighted by Crippen LogP contribution is -2.38. The predicted octanol–water partition coefficient (Wildman–Crippen LogP) is 1.78. The summed E-state index contributed by atoms with van der Waals surface area (Å²) in [6, 6.07) is 4.64. The van der Waals surface area contributed by atoms with Gasteiger partial charge in [0.05, 0.1) is 14.2 Å². The minimum Gasteiger partial charge on any atom is -0.493 e. The SMILES string of the molecule is COc1ccc(SCCC(=O)NC(C)C(=O)O)cc1OC. The normalized spacial score (nSPS) is 11.6. The number of aliphatic carboxylic acids is 1. The molecule has 0 spiro atoms. The number of thioether (sulfide) groups is 1. The van der Waals surface area contributed by atoms with Crippen LogP contribution in [0.15, 0.2) is 23.1 Å². The molecule has 1 atom stereocenters. The second kappa shape index (κ2) is 8.41. The fourth-order valence-electron chi connectivity index (χ4n) is 1.54. The minimum atomic E-state index is -1.05. The van der Waals surface area contributed by atoms with Crippen LogP contribution in [0.4, 0.5) is 0 Å². The lowest BCUT2D eigenvalue weighted by Gasteiger charge is -2.10. The molecule has 0 bridgehead atoms. The number of amides is 1. The van der Waals surface area contributed by atoms with Crippen molar-refractivity contribution in [1.29, 1.82) is 0 Å². The highest BCUT2D eigenvalue weighted by molar-refractivity contribution is 7.99. The van der Waals surface area contributed by atoms with Crippen LogP contribution in [0.1, 0.15) is 13.3 Å². The predicted molar refractivity (Wildman–Crippen MR) is 80.1 cm³/mol. The smallest absolute Gasteiger partial charge is 0.325 e. The standard InChI is InChI=1S/C14H19NO5S/c1-9(14(17)18)15-13(16)6-7-21-10-4-5-11(19-2)12(8-10)20-3/h4-5,8-9H,6-7H2,1-3H3,(H,15,16)(H,17,18). The number of hydrogen-bond donors (Lipinski definition) is 2. The summed E-state index contributed by atoms with van der Waals surface area (Å²) < 4.78 is 10.3. The summed E-state index contributed by atoms with van der Waals surface area (Å²) in [7, 11) is 3.13. The first-order valence-corrected chi connectivity index (χ1v) is 7.33. The number of benzene rings is 1. The van der Waals surface area contributed by atoms with E-state index < -0.39 is 12.0 Å². The number of carboxylic acids is 1. The lowest BCUT2D eigenvalue weighted by molar-refractivity contribution is -0.141. The van der Waals surface area contributed by atoms with E-state index in [0.29, 0.717) is 17.3 Å². The zero-order valence-electron chi connectivity index (χ0n) is 12.2. The van der Waals surface area contributed by atoms with Gasteiger partial charge < -0.3 is 19.9 Å². The topological polar surface area (TPSA) is 84.9 Å². The fraction of sp³-hybridized carbons (Fsp3) is 0.429. The molecule has 0 aliphatic carbocycles. The summed E-state index contributed by atoms with van der Waals surface area (Å²) in [6.07, 6.45) is 0.247. The van der Waals surface area contributed by atoms with Gasteiger partial charge in [0, 0.05) is 17.1 Å². The Morgan fingerprint density at radius 1 is 1.29 bits per heavy atom. The Bertz CT molecular complexity index is 506. The molecule has 0 radical (unpaired) electrons. The molecule has 0 fully saturated rings. The number of ether oxygens (including phenoxy) is 2. The monoisotopic (exact) mass is 313 g/mol. The molecule has 2 N–H and O–H groups in total. The van der Waals surface area contributed by atoms with E-state index in [1.165, 1.54) is 18.7 Å². The van der Waals surface area contributed by atoms with Gasteiger partial charge in [-0.1, -0.05) is 0 Å². The molecule has 1 amide bonds. The highest BCUT2D eigenvalue weighted by Crippen LogP contribution is 2.31. The van der Waals surface area contributed by atoms with Crippen LogP contribution in [0.2, 0.25) is 0 Å². The van der Waals surface area contributed by atoms with E-state index in [2.05, 4.69) is 5.32 Å². The summed E-state index contributed by atoms with van der Waals surface area (Å²) in [5.74, 6) is 0.503. The molecule has 0 saturated carbocycles. The quantitative estimate of drug-likeness (QED) is 0.712. The second-order valence-electron chi connectivity index (χ2n) is 4.24. The molecule has 1 rings (SSSR count). The van der Waals surface area contributed by atoms with Crippen LogP contribution in [0.5, 0.6) is 11.5 Å². The van der Waals surface area contributed by atoms with Crippen LogP contribution in [0.3, 0.4) is 0 Å². The summed E-state index contributed by atoms with van der Waals surface area (Å²) in [6.45, 7) is 1.43. The van der Waals surface area contributed by atoms with Gasteiger partial charge >= 0.3 is 5.97 Å². The van der Waals surface area contributed by atoms with Crippen molar-refractivity contribution in [3.8, 4) is 11.5 Å². The van der Waals surface area contributed by atoms with Crippen LogP contribution >= 0.6 is 11.8 Å². The highest BCUT2D eigenvalue weighted by Gasteiger charge is 2.13. The first kappa shape index (κ1) is 17.2. The molecule has 0 aliphatic rings. The first-order chi connectivity index (χ1) is 9.97. The summed E-state index contributed by atoms with van der Waals surface area (Å²) in [4.78, 5) is 23.1. The van der Waals surface area contributed by atoms with Crippen molar-refractivity contribution < 1.29 is 24.2 Å². The minimum absolute atomic E-state index is 0.247. The Kier molecular flexibility index (Phi) is 6.87. The van der Waals surface area contributed by atoms with Crippen LogP contribution < -0.4 is 14.8 Å². The van der Waals surface area contributed by atoms with Crippen molar-refractivity contribution in [2.75, 3.05) is 20.0 Å². The molecule has 0 saturated heterocycles. The van der Waals surface area contributed by atoms with Crippen molar-refractivity contribution in [2.24, 2.45) is 0 Å². The Hall–Kier alpha value is -1.89. The Balaban J connectivity index is 2.45. The summed E-state index contributed by atoms with van der Waals surface area (Å²) in [5.41, 5.74) is 0. The maximum Gasteiger partial charge on any atom is 0.325 e. The number of hydrogen-bond acceptors (Lipinski definition) is 5.